The van der Waals surface area contributed by atoms with Gasteiger partial charge in [-0.3, -0.25) is 9.79 Å². The Morgan fingerprint density at radius 2 is 1.83 bits per heavy atom. The molecule has 0 unspecified atom stereocenters. The van der Waals surface area contributed by atoms with Crippen LogP contribution in [-0.2, 0) is 33.8 Å². The first kappa shape index (κ1) is 24.5. The number of piperidine rings is 1. The molecule has 1 aromatic rings. The number of amides is 1. The van der Waals surface area contributed by atoms with E-state index in [2.05, 4.69) is 5.32 Å². The summed E-state index contributed by atoms with van der Waals surface area (Å²) >= 11 is 0. The molecule has 2 aliphatic carbocycles. The average molecular weight is 510 g/mol. The molecule has 1 saturated heterocycles. The van der Waals surface area contributed by atoms with Crippen LogP contribution in [-0.4, -0.2) is 48.8 Å². The van der Waals surface area contributed by atoms with Crippen LogP contribution in [0.4, 0.5) is 13.2 Å². The first-order valence-electron chi connectivity index (χ1n) is 12.4. The van der Waals surface area contributed by atoms with Crippen LogP contribution in [0.25, 0.3) is 6.08 Å². The molecule has 1 saturated carbocycles. The first-order valence-corrected chi connectivity index (χ1v) is 14.0. The molecular weight excluding hydrogens is 479 g/mol. The Morgan fingerprint density at radius 1 is 1.11 bits per heavy atom. The summed E-state index contributed by atoms with van der Waals surface area (Å²) in [6.45, 7) is 0.270. The van der Waals surface area contributed by atoms with Crippen molar-refractivity contribution in [2.45, 2.75) is 69.5 Å². The van der Waals surface area contributed by atoms with E-state index >= 15 is 0 Å². The molecule has 10 heteroatoms. The molecule has 1 N–H and O–H groups in total. The Morgan fingerprint density at radius 3 is 2.51 bits per heavy atom. The van der Waals surface area contributed by atoms with Crippen molar-refractivity contribution in [2.75, 3.05) is 18.8 Å². The number of benzene rings is 1. The number of carbonyl (C=O) groups is 1. The molecule has 0 atom stereocenters. The molecule has 4 aliphatic rings. The lowest BCUT2D eigenvalue weighted by atomic mass is 9.88. The molecule has 1 spiro atoms. The predicted molar refractivity (Wildman–Crippen MR) is 127 cm³/mol. The molecule has 0 aromatic heterocycles. The first-order chi connectivity index (χ1) is 16.6. The lowest BCUT2D eigenvalue weighted by Gasteiger charge is -2.34. The van der Waals surface area contributed by atoms with Crippen LogP contribution < -0.4 is 5.32 Å². The van der Waals surface area contributed by atoms with Gasteiger partial charge in [0, 0.05) is 19.0 Å². The van der Waals surface area contributed by atoms with E-state index < -0.39 is 33.1 Å². The highest BCUT2D eigenvalue weighted by molar-refractivity contribution is 7.89. The fraction of sp³-hybridized carbons (Fsp3) is 0.600. The van der Waals surface area contributed by atoms with Gasteiger partial charge in [-0.15, -0.1) is 0 Å². The quantitative estimate of drug-likeness (QED) is 0.650. The summed E-state index contributed by atoms with van der Waals surface area (Å²) in [5.74, 6) is 0.445. The summed E-state index contributed by atoms with van der Waals surface area (Å²) in [5.41, 5.74) is -0.372. The van der Waals surface area contributed by atoms with E-state index in [-0.39, 0.29) is 49.7 Å². The maximum atomic E-state index is 13.6. The van der Waals surface area contributed by atoms with Crippen molar-refractivity contribution in [3.05, 3.63) is 40.5 Å². The van der Waals surface area contributed by atoms with Gasteiger partial charge in [-0.05, 0) is 61.3 Å². The number of carbonyl (C=O) groups excluding carboxylic acids is 1. The van der Waals surface area contributed by atoms with E-state index in [1.54, 1.807) is 12.2 Å². The number of aryl methyl sites for hydroxylation is 1. The molecule has 0 radical (unpaired) electrons. The minimum Gasteiger partial charge on any atom is -0.312 e. The number of hydrogen-bond donors (Lipinski definition) is 1. The second-order valence-electron chi connectivity index (χ2n) is 10.1. The summed E-state index contributed by atoms with van der Waals surface area (Å²) in [6, 6.07) is 2.61. The van der Waals surface area contributed by atoms with Crippen LogP contribution in [0.15, 0.2) is 23.2 Å². The molecule has 2 aliphatic heterocycles. The number of aliphatic imine (C=N–C) groups is 1. The summed E-state index contributed by atoms with van der Waals surface area (Å²) in [5, 5.41) is 2.96. The number of hydrogen-bond acceptors (Lipinski definition) is 4. The van der Waals surface area contributed by atoms with Gasteiger partial charge in [0.05, 0.1) is 11.3 Å². The van der Waals surface area contributed by atoms with Gasteiger partial charge in [0.1, 0.15) is 11.4 Å². The smallest absolute Gasteiger partial charge is 0.312 e. The number of halogens is 3. The number of sulfonamides is 1. The fourth-order valence-electron chi connectivity index (χ4n) is 5.78. The third-order valence-corrected chi connectivity index (χ3v) is 9.74. The van der Waals surface area contributed by atoms with Gasteiger partial charge in [-0.1, -0.05) is 37.5 Å². The number of alkyl halides is 3. The standard InChI is InChI=1S/C25H30F3N3O3S/c26-25(27,28)21-16-19-8-4-7-18(19)15-20(21)9-14-35(33,34)31-12-10-24(11-13-31)23(32)29-22(30-24)17-5-2-1-3-6-17/h4,7,15-17H,1-3,5-6,8-14H2,(H,29,30,32). The van der Waals surface area contributed by atoms with E-state index in [0.29, 0.717) is 17.5 Å². The summed E-state index contributed by atoms with van der Waals surface area (Å²) in [6.07, 6.45) is 5.28. The van der Waals surface area contributed by atoms with Gasteiger partial charge < -0.3 is 5.32 Å². The zero-order valence-electron chi connectivity index (χ0n) is 19.5. The van der Waals surface area contributed by atoms with Gasteiger partial charge in [-0.25, -0.2) is 12.7 Å². The van der Waals surface area contributed by atoms with Crippen molar-refractivity contribution in [3.8, 4) is 0 Å². The fourth-order valence-corrected chi connectivity index (χ4v) is 7.25. The summed E-state index contributed by atoms with van der Waals surface area (Å²) < 4.78 is 68.3. The maximum absolute atomic E-state index is 13.6. The van der Waals surface area contributed by atoms with Crippen LogP contribution in [0.3, 0.4) is 0 Å². The molecule has 1 aromatic carbocycles. The van der Waals surface area contributed by atoms with E-state index in [1.165, 1.54) is 16.8 Å². The Balaban J connectivity index is 1.26. The Kier molecular flexibility index (Phi) is 6.32. The molecule has 2 heterocycles. The summed E-state index contributed by atoms with van der Waals surface area (Å²) in [4.78, 5) is 17.6. The molecule has 2 fully saturated rings. The Bertz CT molecular complexity index is 1180. The average Bonchev–Trinajstić information content (AvgIpc) is 3.41. The van der Waals surface area contributed by atoms with Gasteiger partial charge >= 0.3 is 6.18 Å². The Labute approximate surface area is 203 Å². The number of fused-ring (bicyclic) bond motifs is 1. The minimum atomic E-state index is -4.54. The van der Waals surface area contributed by atoms with Crippen LogP contribution in [0.5, 0.6) is 0 Å². The van der Waals surface area contributed by atoms with Gasteiger partial charge in [0.15, 0.2) is 0 Å². The highest BCUT2D eigenvalue weighted by Crippen LogP contribution is 2.37. The third kappa shape index (κ3) is 4.79. The highest BCUT2D eigenvalue weighted by atomic mass is 32.2. The normalized spacial score (nSPS) is 22.9. The number of rotatable bonds is 5. The molecular formula is C25H30F3N3O3S. The van der Waals surface area contributed by atoms with Crippen molar-refractivity contribution in [2.24, 2.45) is 10.9 Å². The van der Waals surface area contributed by atoms with Crippen LogP contribution in [0.1, 0.15) is 67.2 Å². The SMILES string of the molecule is O=C1NC(C2CCCCC2)=NC12CCN(S(=O)(=O)CCc1cc3c(cc1C(F)(F)F)CC=C3)CC2. The number of allylic oxidation sites excluding steroid dienone is 1. The second kappa shape index (κ2) is 9.03. The zero-order chi connectivity index (χ0) is 24.8. The highest BCUT2D eigenvalue weighted by Gasteiger charge is 2.48. The predicted octanol–water partition coefficient (Wildman–Crippen LogP) is 4.09. The molecule has 190 valence electrons. The maximum Gasteiger partial charge on any atom is 0.416 e. The van der Waals surface area contributed by atoms with Crippen LogP contribution in [0, 0.1) is 5.92 Å². The van der Waals surface area contributed by atoms with Gasteiger partial charge in [0.2, 0.25) is 10.0 Å². The topological polar surface area (TPSA) is 78.8 Å². The third-order valence-electron chi connectivity index (χ3n) is 7.87. The van der Waals surface area contributed by atoms with Crippen molar-refractivity contribution in [3.63, 3.8) is 0 Å². The minimum absolute atomic E-state index is 0.00301. The van der Waals surface area contributed by atoms with Crippen molar-refractivity contribution in [1.82, 2.24) is 9.62 Å². The molecule has 6 nitrogen and oxygen atoms in total. The van der Waals surface area contributed by atoms with E-state index in [1.807, 2.05) is 0 Å². The van der Waals surface area contributed by atoms with Gasteiger partial charge in [0.25, 0.3) is 5.91 Å². The largest absolute Gasteiger partial charge is 0.416 e. The van der Waals surface area contributed by atoms with Crippen LogP contribution in [0.2, 0.25) is 0 Å². The molecule has 35 heavy (non-hydrogen) atoms. The van der Waals surface area contributed by atoms with E-state index in [4.69, 9.17) is 4.99 Å². The second-order valence-corrected chi connectivity index (χ2v) is 12.2. The number of nitrogens with one attached hydrogen (secondary N) is 1. The zero-order valence-corrected chi connectivity index (χ0v) is 20.3. The van der Waals surface area contributed by atoms with E-state index in [0.717, 1.165) is 37.6 Å². The van der Waals surface area contributed by atoms with Crippen LogP contribution >= 0.6 is 0 Å². The number of nitrogens with zero attached hydrogens (tertiary/aromatic N) is 2. The van der Waals surface area contributed by atoms with E-state index in [9.17, 15) is 26.4 Å². The Hall–Kier alpha value is -2.20. The summed E-state index contributed by atoms with van der Waals surface area (Å²) in [7, 11) is -3.79. The number of amidine groups is 1. The van der Waals surface area contributed by atoms with Crippen molar-refractivity contribution >= 4 is 27.8 Å². The van der Waals surface area contributed by atoms with Gasteiger partial charge in [-0.2, -0.15) is 13.2 Å². The molecule has 5 rings (SSSR count). The van der Waals surface area contributed by atoms with Crippen molar-refractivity contribution in [1.29, 1.82) is 0 Å². The lowest BCUT2D eigenvalue weighted by Crippen LogP contribution is -2.51. The monoisotopic (exact) mass is 509 g/mol. The van der Waals surface area contributed by atoms with Crippen molar-refractivity contribution < 1.29 is 26.4 Å². The molecule has 0 bridgehead atoms. The molecule has 1 amide bonds. The lowest BCUT2D eigenvalue weighted by molar-refractivity contribution is -0.138.